The normalized spacial score (nSPS) is 13.3. The van der Waals surface area contributed by atoms with E-state index in [1.54, 1.807) is 0 Å². The van der Waals surface area contributed by atoms with Crippen molar-refractivity contribution in [3.8, 4) is 52.4 Å². The maximum Gasteiger partial charge on any atom is 0.162 e. The zero-order chi connectivity index (χ0) is 44.5. The maximum absolute atomic E-state index is 6.53. The van der Waals surface area contributed by atoms with Crippen LogP contribution >= 0.6 is 0 Å². The van der Waals surface area contributed by atoms with Gasteiger partial charge in [0.25, 0.3) is 0 Å². The lowest BCUT2D eigenvalue weighted by molar-refractivity contribution is 0.0640. The third kappa shape index (κ3) is 19.7. The van der Waals surface area contributed by atoms with Gasteiger partial charge in [-0.05, 0) is 73.0 Å². The molecular formula is C56H72O8. The zero-order valence-electron chi connectivity index (χ0n) is 38.7. The molecule has 0 fully saturated rings. The number of hydrogen-bond donors (Lipinski definition) is 0. The summed E-state index contributed by atoms with van der Waals surface area (Å²) in [5, 5.41) is 0. The average Bonchev–Trinajstić information content (AvgIpc) is 3.32. The monoisotopic (exact) mass is 873 g/mol. The van der Waals surface area contributed by atoms with Crippen LogP contribution in [-0.4, -0.2) is 66.1 Å². The van der Waals surface area contributed by atoms with E-state index in [9.17, 15) is 0 Å². The van der Waals surface area contributed by atoms with E-state index in [2.05, 4.69) is 49.7 Å². The Morgan fingerprint density at radius 1 is 0.422 bits per heavy atom. The highest BCUT2D eigenvalue weighted by molar-refractivity contribution is 5.58. The van der Waals surface area contributed by atoms with E-state index in [0.717, 1.165) is 52.8 Å². The van der Waals surface area contributed by atoms with Gasteiger partial charge in [0, 0.05) is 23.3 Å². The molecule has 1 aliphatic heterocycles. The Hall–Kier alpha value is -5.12. The van der Waals surface area contributed by atoms with Crippen molar-refractivity contribution in [1.29, 1.82) is 0 Å². The van der Waals surface area contributed by atoms with Gasteiger partial charge in [-0.3, -0.25) is 0 Å². The number of para-hydroxylation sites is 2. The summed E-state index contributed by atoms with van der Waals surface area (Å²) in [4.78, 5) is 0. The molecule has 5 rings (SSSR count). The molecule has 64 heavy (non-hydrogen) atoms. The molecule has 0 amide bonds. The highest BCUT2D eigenvalue weighted by Crippen LogP contribution is 2.30. The van der Waals surface area contributed by atoms with E-state index >= 15 is 0 Å². The van der Waals surface area contributed by atoms with E-state index in [4.69, 9.17) is 37.9 Å². The van der Waals surface area contributed by atoms with Crippen LogP contribution in [0.15, 0.2) is 84.9 Å². The quantitative estimate of drug-likeness (QED) is 0.0642. The Morgan fingerprint density at radius 2 is 0.922 bits per heavy atom. The first-order valence-electron chi connectivity index (χ1n) is 24.1. The molecule has 0 bridgehead atoms. The van der Waals surface area contributed by atoms with Crippen LogP contribution in [0.3, 0.4) is 0 Å². The first-order valence-corrected chi connectivity index (χ1v) is 24.1. The van der Waals surface area contributed by atoms with Crippen molar-refractivity contribution in [2.75, 3.05) is 66.1 Å². The fraction of sp³-hybridized carbons (Fsp3) is 0.500. The molecular weight excluding hydrogens is 801 g/mol. The first-order chi connectivity index (χ1) is 31.7. The zero-order valence-corrected chi connectivity index (χ0v) is 38.7. The van der Waals surface area contributed by atoms with Crippen molar-refractivity contribution in [3.05, 3.63) is 113 Å². The summed E-state index contributed by atoms with van der Waals surface area (Å²) in [5.74, 6) is 17.0. The molecule has 344 valence electrons. The smallest absolute Gasteiger partial charge is 0.162 e. The molecule has 0 N–H and O–H groups in total. The van der Waals surface area contributed by atoms with Crippen molar-refractivity contribution in [2.45, 2.75) is 117 Å². The van der Waals surface area contributed by atoms with Gasteiger partial charge in [-0.2, -0.15) is 0 Å². The molecule has 0 unspecified atom stereocenters. The molecule has 4 aromatic carbocycles. The molecule has 4 aromatic rings. The molecule has 1 heterocycles. The second-order valence-corrected chi connectivity index (χ2v) is 16.1. The highest BCUT2D eigenvalue weighted by atomic mass is 16.6. The van der Waals surface area contributed by atoms with Crippen LogP contribution in [0.2, 0.25) is 0 Å². The van der Waals surface area contributed by atoms with Gasteiger partial charge in [0.2, 0.25) is 0 Å². The van der Waals surface area contributed by atoms with Gasteiger partial charge in [-0.15, -0.1) is 0 Å². The van der Waals surface area contributed by atoms with E-state index in [0.29, 0.717) is 95.7 Å². The van der Waals surface area contributed by atoms with Crippen LogP contribution in [0.1, 0.15) is 138 Å². The molecule has 0 aromatic heterocycles. The summed E-state index contributed by atoms with van der Waals surface area (Å²) in [6.45, 7) is 9.33. The number of benzene rings is 4. The predicted molar refractivity (Wildman–Crippen MR) is 257 cm³/mol. The largest absolute Gasteiger partial charge is 0.492 e. The summed E-state index contributed by atoms with van der Waals surface area (Å²) >= 11 is 0. The van der Waals surface area contributed by atoms with Crippen molar-refractivity contribution < 1.29 is 37.9 Å². The summed E-state index contributed by atoms with van der Waals surface area (Å²) in [5.41, 5.74) is 4.42. The van der Waals surface area contributed by atoms with E-state index < -0.39 is 0 Å². The van der Waals surface area contributed by atoms with Crippen LogP contribution in [0.5, 0.6) is 28.7 Å². The third-order valence-corrected chi connectivity index (χ3v) is 10.8. The predicted octanol–water partition coefficient (Wildman–Crippen LogP) is 12.5. The Bertz CT molecular complexity index is 2010. The summed E-state index contributed by atoms with van der Waals surface area (Å²) in [6.07, 6.45) is 18.5. The SMILES string of the molecule is CCCCCCCCCCOc1cc(C#Cc2ccc3c(c2)OCCOCCOc2ccccc2OCCOCCO3)c(COCCCCCCCCC)cc1C#Cc1ccccc1. The lowest BCUT2D eigenvalue weighted by Gasteiger charge is -2.15. The summed E-state index contributed by atoms with van der Waals surface area (Å²) < 4.78 is 48.7. The lowest BCUT2D eigenvalue weighted by Crippen LogP contribution is -2.15. The standard InChI is InChI=1S/C56H72O8/c1-3-5-7-9-11-13-15-22-34-60-55-45-49(51(46-59-33-21-14-12-10-8-6-4-2)44-50(55)31-27-47-23-17-16-18-24-47)30-28-48-29-32-54-56(43-48)64-42-38-58-36-40-62-53-26-20-19-25-52(53)61-39-35-57-37-41-63-54/h16-20,23-26,29,32,43-45H,3-15,21-22,33-42,46H2,1-2H3. The Labute approximate surface area is 384 Å². The Balaban J connectivity index is 1.33. The highest BCUT2D eigenvalue weighted by Gasteiger charge is 2.12. The summed E-state index contributed by atoms with van der Waals surface area (Å²) in [6, 6.07) is 27.6. The molecule has 0 atom stereocenters. The third-order valence-electron chi connectivity index (χ3n) is 10.8. The van der Waals surface area contributed by atoms with Gasteiger partial charge in [0.05, 0.1) is 45.2 Å². The van der Waals surface area contributed by atoms with Gasteiger partial charge < -0.3 is 37.9 Å². The van der Waals surface area contributed by atoms with Gasteiger partial charge in [0.1, 0.15) is 32.2 Å². The Kier molecular flexibility index (Phi) is 24.7. The van der Waals surface area contributed by atoms with Crippen molar-refractivity contribution >= 4 is 0 Å². The molecule has 0 saturated heterocycles. The van der Waals surface area contributed by atoms with Crippen LogP contribution in [-0.2, 0) is 20.8 Å². The van der Waals surface area contributed by atoms with Crippen LogP contribution in [0, 0.1) is 23.7 Å². The minimum atomic E-state index is 0.328. The number of fused-ring (bicyclic) bond motifs is 2. The second-order valence-electron chi connectivity index (χ2n) is 16.1. The van der Waals surface area contributed by atoms with Crippen LogP contribution in [0.25, 0.3) is 0 Å². The number of hydrogen-bond acceptors (Lipinski definition) is 8. The van der Waals surface area contributed by atoms with Crippen LogP contribution < -0.4 is 23.7 Å². The fourth-order valence-corrected chi connectivity index (χ4v) is 7.19. The van der Waals surface area contributed by atoms with Crippen molar-refractivity contribution in [3.63, 3.8) is 0 Å². The number of rotatable bonds is 20. The van der Waals surface area contributed by atoms with E-state index in [1.807, 2.05) is 72.8 Å². The lowest BCUT2D eigenvalue weighted by atomic mass is 10.0. The van der Waals surface area contributed by atoms with Gasteiger partial charge >= 0.3 is 0 Å². The molecule has 8 heteroatoms. The Morgan fingerprint density at radius 3 is 1.53 bits per heavy atom. The minimum Gasteiger partial charge on any atom is -0.492 e. The molecule has 0 aliphatic carbocycles. The van der Waals surface area contributed by atoms with Crippen molar-refractivity contribution in [2.24, 2.45) is 0 Å². The van der Waals surface area contributed by atoms with Gasteiger partial charge in [0.15, 0.2) is 23.0 Å². The molecule has 0 spiro atoms. The van der Waals surface area contributed by atoms with E-state index in [1.165, 1.54) is 77.0 Å². The minimum absolute atomic E-state index is 0.328. The molecule has 0 radical (unpaired) electrons. The first kappa shape index (κ1) is 49.9. The molecule has 0 saturated carbocycles. The fourth-order valence-electron chi connectivity index (χ4n) is 7.19. The summed E-state index contributed by atoms with van der Waals surface area (Å²) in [7, 11) is 0. The van der Waals surface area contributed by atoms with E-state index in [-0.39, 0.29) is 0 Å². The maximum atomic E-state index is 6.53. The van der Waals surface area contributed by atoms with Gasteiger partial charge in [-0.25, -0.2) is 0 Å². The van der Waals surface area contributed by atoms with Crippen LogP contribution in [0.4, 0.5) is 0 Å². The number of ether oxygens (including phenoxy) is 8. The molecule has 1 aliphatic rings. The van der Waals surface area contributed by atoms with Crippen molar-refractivity contribution in [1.82, 2.24) is 0 Å². The van der Waals surface area contributed by atoms with Gasteiger partial charge in [-0.1, -0.05) is 151 Å². The number of unbranched alkanes of at least 4 members (excludes halogenated alkanes) is 13. The average molecular weight is 873 g/mol. The topological polar surface area (TPSA) is 73.8 Å². The second kappa shape index (κ2) is 31.7. The molecule has 8 nitrogen and oxygen atoms in total.